The van der Waals surface area contributed by atoms with Crippen LogP contribution in [0.1, 0.15) is 65.2 Å². The van der Waals surface area contributed by atoms with E-state index in [-0.39, 0.29) is 12.0 Å². The molecule has 0 spiro atoms. The molecule has 0 radical (unpaired) electrons. The minimum absolute atomic E-state index is 0.0246. The van der Waals surface area contributed by atoms with Gasteiger partial charge in [-0.15, -0.1) is 0 Å². The highest BCUT2D eigenvalue weighted by atomic mass is 16.3. The maximum absolute atomic E-state index is 13.0. The number of hydrogen-bond acceptors (Lipinski definition) is 3. The fraction of sp³-hybridized carbons (Fsp3) is 0.947. The predicted octanol–water partition coefficient (Wildman–Crippen LogP) is 2.65. The minimum atomic E-state index is -0.0246. The van der Waals surface area contributed by atoms with Crippen molar-refractivity contribution in [3.8, 4) is 0 Å². The van der Waals surface area contributed by atoms with Crippen molar-refractivity contribution in [3.63, 3.8) is 0 Å². The number of likely N-dealkylation sites (tertiary alicyclic amines) is 1. The van der Waals surface area contributed by atoms with E-state index < -0.39 is 0 Å². The van der Waals surface area contributed by atoms with Gasteiger partial charge >= 0.3 is 0 Å². The molecule has 3 rings (SSSR count). The second kappa shape index (κ2) is 7.10. The number of carbonyl (C=O) groups is 1. The zero-order valence-corrected chi connectivity index (χ0v) is 15.0. The van der Waals surface area contributed by atoms with Crippen molar-refractivity contribution in [2.75, 3.05) is 26.2 Å². The van der Waals surface area contributed by atoms with Crippen LogP contribution >= 0.6 is 0 Å². The summed E-state index contributed by atoms with van der Waals surface area (Å²) in [5.74, 6) is 1.17. The highest BCUT2D eigenvalue weighted by molar-refractivity contribution is 5.79. The van der Waals surface area contributed by atoms with E-state index in [0.717, 1.165) is 31.8 Å². The third kappa shape index (κ3) is 4.27. The maximum Gasteiger partial charge on any atom is 0.237 e. The molecule has 1 amide bonds. The zero-order chi connectivity index (χ0) is 16.4. The van der Waals surface area contributed by atoms with Crippen molar-refractivity contribution in [1.29, 1.82) is 0 Å². The molecule has 0 aromatic carbocycles. The summed E-state index contributed by atoms with van der Waals surface area (Å²) in [4.78, 5) is 17.5. The molecule has 1 saturated heterocycles. The summed E-state index contributed by atoms with van der Waals surface area (Å²) in [6.45, 7) is 7.12. The number of carbonyl (C=O) groups excluding carboxylic acids is 1. The fourth-order valence-electron chi connectivity index (χ4n) is 4.54. The van der Waals surface area contributed by atoms with Crippen LogP contribution in [-0.4, -0.2) is 59.1 Å². The summed E-state index contributed by atoms with van der Waals surface area (Å²) >= 11 is 0. The van der Waals surface area contributed by atoms with Crippen molar-refractivity contribution < 1.29 is 9.90 Å². The lowest BCUT2D eigenvalue weighted by Gasteiger charge is -2.41. The van der Waals surface area contributed by atoms with Crippen LogP contribution in [0.5, 0.6) is 0 Å². The molecule has 3 aliphatic rings. The van der Waals surface area contributed by atoms with Gasteiger partial charge in [0.2, 0.25) is 5.91 Å². The van der Waals surface area contributed by atoms with Gasteiger partial charge in [0.15, 0.2) is 0 Å². The number of piperidine rings is 1. The van der Waals surface area contributed by atoms with Crippen molar-refractivity contribution in [2.45, 2.75) is 77.3 Å². The Hall–Kier alpha value is -0.610. The van der Waals surface area contributed by atoms with E-state index in [2.05, 4.69) is 23.6 Å². The topological polar surface area (TPSA) is 43.8 Å². The lowest BCUT2D eigenvalue weighted by Crippen LogP contribution is -2.51. The molecule has 0 aromatic heterocycles. The third-order valence-corrected chi connectivity index (χ3v) is 6.21. The molecule has 3 fully saturated rings. The molecule has 23 heavy (non-hydrogen) atoms. The van der Waals surface area contributed by atoms with Crippen LogP contribution in [0.2, 0.25) is 0 Å². The van der Waals surface area contributed by atoms with Crippen molar-refractivity contribution in [2.24, 2.45) is 11.3 Å². The Balaban J connectivity index is 1.58. The monoisotopic (exact) mass is 322 g/mol. The molecule has 0 bridgehead atoms. The van der Waals surface area contributed by atoms with Gasteiger partial charge in [0.05, 0.1) is 6.54 Å². The summed E-state index contributed by atoms with van der Waals surface area (Å²) in [6, 6.07) is 1.01. The first-order chi connectivity index (χ1) is 11.0. The SMILES string of the molecule is CC1CCC(N(C(=O)CN2CCCC(C)(CO)C2)C2CC2)CC1. The van der Waals surface area contributed by atoms with E-state index in [4.69, 9.17) is 0 Å². The number of aliphatic hydroxyl groups is 1. The molecule has 1 heterocycles. The minimum Gasteiger partial charge on any atom is -0.396 e. The Bertz CT molecular complexity index is 416. The van der Waals surface area contributed by atoms with Crippen LogP contribution in [0.3, 0.4) is 0 Å². The van der Waals surface area contributed by atoms with Gasteiger partial charge in [0.25, 0.3) is 0 Å². The molecule has 1 atom stereocenters. The Kier molecular flexibility index (Phi) is 5.32. The lowest BCUT2D eigenvalue weighted by molar-refractivity contribution is -0.137. The largest absolute Gasteiger partial charge is 0.396 e. The smallest absolute Gasteiger partial charge is 0.237 e. The number of amides is 1. The van der Waals surface area contributed by atoms with Gasteiger partial charge < -0.3 is 10.0 Å². The van der Waals surface area contributed by atoms with Gasteiger partial charge in [-0.25, -0.2) is 0 Å². The molecule has 1 unspecified atom stereocenters. The highest BCUT2D eigenvalue weighted by Gasteiger charge is 2.39. The summed E-state index contributed by atoms with van der Waals surface area (Å²) in [7, 11) is 0. The molecule has 132 valence electrons. The maximum atomic E-state index is 13.0. The van der Waals surface area contributed by atoms with E-state index in [1.165, 1.54) is 38.5 Å². The number of rotatable bonds is 5. The van der Waals surface area contributed by atoms with Gasteiger partial charge in [0, 0.05) is 30.7 Å². The Morgan fingerprint density at radius 3 is 2.35 bits per heavy atom. The average Bonchev–Trinajstić information content (AvgIpc) is 3.34. The first-order valence-corrected chi connectivity index (χ1v) is 9.65. The van der Waals surface area contributed by atoms with Crippen molar-refractivity contribution >= 4 is 5.91 Å². The van der Waals surface area contributed by atoms with Crippen LogP contribution in [0, 0.1) is 11.3 Å². The Labute approximate surface area is 141 Å². The van der Waals surface area contributed by atoms with Gasteiger partial charge in [-0.1, -0.05) is 13.8 Å². The van der Waals surface area contributed by atoms with E-state index in [0.29, 0.717) is 24.5 Å². The lowest BCUT2D eigenvalue weighted by atomic mass is 9.83. The van der Waals surface area contributed by atoms with Gasteiger partial charge in [0.1, 0.15) is 0 Å². The molecule has 1 aliphatic heterocycles. The molecular formula is C19H34N2O2. The normalized spacial score (nSPS) is 36.0. The van der Waals surface area contributed by atoms with Crippen LogP contribution < -0.4 is 0 Å². The molecule has 4 nitrogen and oxygen atoms in total. The summed E-state index contributed by atoms with van der Waals surface area (Å²) in [5, 5.41) is 9.62. The van der Waals surface area contributed by atoms with E-state index in [1.807, 2.05) is 0 Å². The summed E-state index contributed by atoms with van der Waals surface area (Å²) in [5.41, 5.74) is -0.0246. The predicted molar refractivity (Wildman–Crippen MR) is 92.2 cm³/mol. The molecule has 4 heteroatoms. The van der Waals surface area contributed by atoms with Crippen molar-refractivity contribution in [1.82, 2.24) is 9.80 Å². The van der Waals surface area contributed by atoms with Crippen LogP contribution in [0.4, 0.5) is 0 Å². The fourth-order valence-corrected chi connectivity index (χ4v) is 4.54. The van der Waals surface area contributed by atoms with Gasteiger partial charge in [-0.3, -0.25) is 9.69 Å². The van der Waals surface area contributed by atoms with Crippen molar-refractivity contribution in [3.05, 3.63) is 0 Å². The first-order valence-electron chi connectivity index (χ1n) is 9.65. The molecule has 0 aromatic rings. The second-order valence-corrected chi connectivity index (χ2v) is 8.73. The van der Waals surface area contributed by atoms with Crippen LogP contribution in [0.25, 0.3) is 0 Å². The molecule has 1 N–H and O–H groups in total. The highest BCUT2D eigenvalue weighted by Crippen LogP contribution is 2.36. The standard InChI is InChI=1S/C19H34N2O2/c1-15-4-6-16(7-5-15)21(17-8-9-17)18(23)12-20-11-3-10-19(2,13-20)14-22/h15-17,22H,3-14H2,1-2H3. The first kappa shape index (κ1) is 17.2. The van der Waals surface area contributed by atoms with E-state index in [9.17, 15) is 9.90 Å². The Morgan fingerprint density at radius 2 is 1.78 bits per heavy atom. The third-order valence-electron chi connectivity index (χ3n) is 6.21. The molecule has 2 aliphatic carbocycles. The molecular weight excluding hydrogens is 288 g/mol. The van der Waals surface area contributed by atoms with E-state index >= 15 is 0 Å². The number of nitrogens with zero attached hydrogens (tertiary/aromatic N) is 2. The van der Waals surface area contributed by atoms with Crippen LogP contribution in [0.15, 0.2) is 0 Å². The average molecular weight is 322 g/mol. The summed E-state index contributed by atoms with van der Waals surface area (Å²) in [6.07, 6.45) is 9.49. The Morgan fingerprint density at radius 1 is 1.17 bits per heavy atom. The summed E-state index contributed by atoms with van der Waals surface area (Å²) < 4.78 is 0. The number of aliphatic hydroxyl groups excluding tert-OH is 1. The molecule has 2 saturated carbocycles. The second-order valence-electron chi connectivity index (χ2n) is 8.73. The van der Waals surface area contributed by atoms with Gasteiger partial charge in [-0.2, -0.15) is 0 Å². The quantitative estimate of drug-likeness (QED) is 0.846. The number of hydrogen-bond donors (Lipinski definition) is 1. The zero-order valence-electron chi connectivity index (χ0n) is 15.0. The van der Waals surface area contributed by atoms with E-state index in [1.54, 1.807) is 0 Å². The van der Waals surface area contributed by atoms with Gasteiger partial charge in [-0.05, 0) is 63.8 Å². The van der Waals surface area contributed by atoms with Crippen LogP contribution in [-0.2, 0) is 4.79 Å².